The van der Waals surface area contributed by atoms with Gasteiger partial charge in [0.1, 0.15) is 0 Å². The normalized spacial score (nSPS) is 39.7. The Labute approximate surface area is 113 Å². The summed E-state index contributed by atoms with van der Waals surface area (Å²) < 4.78 is 0. The molecule has 3 atom stereocenters. The summed E-state index contributed by atoms with van der Waals surface area (Å²) in [5.74, 6) is 0.883. The first-order valence-electron chi connectivity index (χ1n) is 7.69. The maximum atomic E-state index is 6.19. The molecule has 0 amide bonds. The van der Waals surface area contributed by atoms with Crippen LogP contribution in [0.15, 0.2) is 0 Å². The summed E-state index contributed by atoms with van der Waals surface area (Å²) in [6.45, 7) is 13.8. The van der Waals surface area contributed by atoms with Crippen LogP contribution in [0, 0.1) is 5.92 Å². The molecule has 2 aliphatic rings. The van der Waals surface area contributed by atoms with Gasteiger partial charge in [0.15, 0.2) is 0 Å². The fourth-order valence-electron chi connectivity index (χ4n) is 3.96. The van der Waals surface area contributed by atoms with E-state index in [4.69, 9.17) is 5.73 Å². The Bertz CT molecular complexity index is 279. The minimum Gasteiger partial charge on any atom is -0.329 e. The summed E-state index contributed by atoms with van der Waals surface area (Å²) in [4.78, 5) is 5.33. The van der Waals surface area contributed by atoms with E-state index in [9.17, 15) is 0 Å². The first-order chi connectivity index (χ1) is 8.48. The summed E-state index contributed by atoms with van der Waals surface area (Å²) in [6.07, 6.45) is 3.93. The Morgan fingerprint density at radius 2 is 2.00 bits per heavy atom. The Morgan fingerprint density at radius 3 is 2.50 bits per heavy atom. The van der Waals surface area contributed by atoms with Crippen LogP contribution in [0.1, 0.15) is 47.0 Å². The van der Waals surface area contributed by atoms with Crippen molar-refractivity contribution >= 4 is 0 Å². The fraction of sp³-hybridized carbons (Fsp3) is 1.00. The van der Waals surface area contributed by atoms with Gasteiger partial charge in [-0.05, 0) is 52.5 Å². The highest BCUT2D eigenvalue weighted by molar-refractivity contribution is 5.03. The molecule has 0 saturated carbocycles. The third kappa shape index (κ3) is 2.59. The SMILES string of the molecule is CC1CCN(C2(CN)CCN(C(C)C)C2)C(C)C1. The van der Waals surface area contributed by atoms with E-state index in [1.165, 1.54) is 38.9 Å². The monoisotopic (exact) mass is 253 g/mol. The number of likely N-dealkylation sites (tertiary alicyclic amines) is 2. The van der Waals surface area contributed by atoms with Gasteiger partial charge in [-0.1, -0.05) is 6.92 Å². The van der Waals surface area contributed by atoms with Gasteiger partial charge in [-0.15, -0.1) is 0 Å². The molecule has 0 aromatic carbocycles. The average Bonchev–Trinajstić information content (AvgIpc) is 2.74. The zero-order chi connectivity index (χ0) is 13.3. The molecule has 0 bridgehead atoms. The van der Waals surface area contributed by atoms with Crippen molar-refractivity contribution in [1.82, 2.24) is 9.80 Å². The molecule has 106 valence electrons. The van der Waals surface area contributed by atoms with Gasteiger partial charge in [-0.25, -0.2) is 0 Å². The minimum absolute atomic E-state index is 0.254. The predicted molar refractivity (Wildman–Crippen MR) is 77.7 cm³/mol. The molecule has 0 aromatic heterocycles. The second-order valence-electron chi connectivity index (χ2n) is 6.91. The summed E-state index contributed by atoms with van der Waals surface area (Å²) >= 11 is 0. The molecule has 2 N–H and O–H groups in total. The van der Waals surface area contributed by atoms with E-state index in [0.717, 1.165) is 12.5 Å². The van der Waals surface area contributed by atoms with E-state index in [1.54, 1.807) is 0 Å². The molecular formula is C15H31N3. The van der Waals surface area contributed by atoms with Crippen molar-refractivity contribution in [3.63, 3.8) is 0 Å². The van der Waals surface area contributed by atoms with Crippen molar-refractivity contribution < 1.29 is 0 Å². The number of hydrogen-bond acceptors (Lipinski definition) is 3. The number of hydrogen-bond donors (Lipinski definition) is 1. The highest BCUT2D eigenvalue weighted by atomic mass is 15.3. The van der Waals surface area contributed by atoms with Gasteiger partial charge in [0.2, 0.25) is 0 Å². The van der Waals surface area contributed by atoms with Gasteiger partial charge in [0.25, 0.3) is 0 Å². The first-order valence-corrected chi connectivity index (χ1v) is 7.69. The second-order valence-corrected chi connectivity index (χ2v) is 6.91. The maximum Gasteiger partial charge on any atom is 0.0473 e. The van der Waals surface area contributed by atoms with Crippen LogP contribution in [0.2, 0.25) is 0 Å². The molecule has 0 aromatic rings. The van der Waals surface area contributed by atoms with Crippen molar-refractivity contribution in [2.24, 2.45) is 11.7 Å². The smallest absolute Gasteiger partial charge is 0.0473 e. The molecular weight excluding hydrogens is 222 g/mol. The molecule has 3 unspecified atom stereocenters. The Kier molecular flexibility index (Phi) is 4.35. The Morgan fingerprint density at radius 1 is 1.28 bits per heavy atom. The molecule has 2 saturated heterocycles. The third-order valence-corrected chi connectivity index (χ3v) is 5.22. The van der Waals surface area contributed by atoms with Gasteiger partial charge in [0.05, 0.1) is 0 Å². The summed E-state index contributed by atoms with van der Waals surface area (Å²) in [5, 5.41) is 0. The van der Waals surface area contributed by atoms with E-state index >= 15 is 0 Å². The van der Waals surface area contributed by atoms with Crippen LogP contribution in [0.25, 0.3) is 0 Å². The lowest BCUT2D eigenvalue weighted by molar-refractivity contribution is 0.0181. The van der Waals surface area contributed by atoms with E-state index in [0.29, 0.717) is 12.1 Å². The van der Waals surface area contributed by atoms with Crippen LogP contribution in [0.3, 0.4) is 0 Å². The summed E-state index contributed by atoms with van der Waals surface area (Å²) in [6, 6.07) is 1.35. The van der Waals surface area contributed by atoms with Crippen LogP contribution < -0.4 is 5.73 Å². The maximum absolute atomic E-state index is 6.19. The van der Waals surface area contributed by atoms with Gasteiger partial charge < -0.3 is 5.73 Å². The molecule has 0 spiro atoms. The van der Waals surface area contributed by atoms with Crippen LogP contribution in [0.5, 0.6) is 0 Å². The quantitative estimate of drug-likeness (QED) is 0.834. The van der Waals surface area contributed by atoms with Gasteiger partial charge in [0, 0.05) is 37.3 Å². The van der Waals surface area contributed by atoms with E-state index < -0.39 is 0 Å². The molecule has 2 aliphatic heterocycles. The van der Waals surface area contributed by atoms with Crippen molar-refractivity contribution in [3.05, 3.63) is 0 Å². The lowest BCUT2D eigenvalue weighted by atomic mass is 9.86. The topological polar surface area (TPSA) is 32.5 Å². The molecule has 3 heteroatoms. The number of piperidine rings is 1. The van der Waals surface area contributed by atoms with E-state index in [1.807, 2.05) is 0 Å². The standard InChI is InChI=1S/C15H31N3/c1-12(2)17-8-6-15(10-16,11-17)18-7-5-13(3)9-14(18)4/h12-14H,5-11,16H2,1-4H3. The lowest BCUT2D eigenvalue weighted by Gasteiger charge is -2.48. The molecule has 3 nitrogen and oxygen atoms in total. The summed E-state index contributed by atoms with van der Waals surface area (Å²) in [5.41, 5.74) is 6.44. The third-order valence-electron chi connectivity index (χ3n) is 5.22. The molecule has 0 radical (unpaired) electrons. The molecule has 18 heavy (non-hydrogen) atoms. The van der Waals surface area contributed by atoms with Crippen molar-refractivity contribution in [2.45, 2.75) is 64.6 Å². The van der Waals surface area contributed by atoms with Crippen LogP contribution in [-0.2, 0) is 0 Å². The van der Waals surface area contributed by atoms with E-state index in [-0.39, 0.29) is 5.54 Å². The minimum atomic E-state index is 0.254. The Balaban J connectivity index is 2.09. The average molecular weight is 253 g/mol. The zero-order valence-electron chi connectivity index (χ0n) is 12.7. The summed E-state index contributed by atoms with van der Waals surface area (Å²) in [7, 11) is 0. The largest absolute Gasteiger partial charge is 0.329 e. The predicted octanol–water partition coefficient (Wildman–Crippen LogP) is 1.92. The van der Waals surface area contributed by atoms with Gasteiger partial charge in [-0.3, -0.25) is 9.80 Å². The van der Waals surface area contributed by atoms with E-state index in [2.05, 4.69) is 37.5 Å². The molecule has 2 heterocycles. The molecule has 0 aliphatic carbocycles. The van der Waals surface area contributed by atoms with Gasteiger partial charge in [-0.2, -0.15) is 0 Å². The van der Waals surface area contributed by atoms with Crippen LogP contribution in [0.4, 0.5) is 0 Å². The van der Waals surface area contributed by atoms with Crippen molar-refractivity contribution in [2.75, 3.05) is 26.2 Å². The van der Waals surface area contributed by atoms with Crippen molar-refractivity contribution in [1.29, 1.82) is 0 Å². The lowest BCUT2D eigenvalue weighted by Crippen LogP contribution is -2.61. The fourth-order valence-corrected chi connectivity index (χ4v) is 3.96. The number of nitrogens with zero attached hydrogens (tertiary/aromatic N) is 2. The molecule has 2 fully saturated rings. The van der Waals surface area contributed by atoms with Crippen molar-refractivity contribution in [3.8, 4) is 0 Å². The first kappa shape index (κ1) is 14.3. The second kappa shape index (κ2) is 5.48. The molecule has 2 rings (SSSR count). The van der Waals surface area contributed by atoms with Crippen LogP contribution >= 0.6 is 0 Å². The number of nitrogens with two attached hydrogens (primary N) is 1. The zero-order valence-corrected chi connectivity index (χ0v) is 12.7. The van der Waals surface area contributed by atoms with Crippen LogP contribution in [-0.4, -0.2) is 53.6 Å². The highest BCUT2D eigenvalue weighted by Crippen LogP contribution is 2.35. The highest BCUT2D eigenvalue weighted by Gasteiger charge is 2.45. The number of rotatable bonds is 3. The van der Waals surface area contributed by atoms with Gasteiger partial charge >= 0.3 is 0 Å². The Hall–Kier alpha value is -0.120.